The molecule has 4 nitrogen and oxygen atoms in total. The Bertz CT molecular complexity index is 364. The van der Waals surface area contributed by atoms with Crippen LogP contribution in [-0.4, -0.2) is 16.7 Å². The van der Waals surface area contributed by atoms with Gasteiger partial charge < -0.3 is 9.73 Å². The van der Waals surface area contributed by atoms with Crippen molar-refractivity contribution >= 4 is 0 Å². The predicted octanol–water partition coefficient (Wildman–Crippen LogP) is 2.33. The number of aromatic nitrogens is 2. The molecule has 3 rings (SSSR count). The summed E-state index contributed by atoms with van der Waals surface area (Å²) in [6.07, 6.45) is 7.30. The maximum Gasteiger partial charge on any atom is 0.233 e. The second kappa shape index (κ2) is 3.84. The van der Waals surface area contributed by atoms with E-state index >= 15 is 0 Å². The average molecular weight is 221 g/mol. The zero-order chi connectivity index (χ0) is 11.0. The van der Waals surface area contributed by atoms with E-state index in [9.17, 15) is 0 Å². The molecule has 1 atom stereocenters. The summed E-state index contributed by atoms with van der Waals surface area (Å²) < 4.78 is 5.85. The second-order valence-electron chi connectivity index (χ2n) is 5.36. The summed E-state index contributed by atoms with van der Waals surface area (Å²) in [7, 11) is 0. The minimum absolute atomic E-state index is 0.167. The third kappa shape index (κ3) is 1.65. The van der Waals surface area contributed by atoms with Crippen molar-refractivity contribution in [2.75, 3.05) is 6.54 Å². The van der Waals surface area contributed by atoms with E-state index in [4.69, 9.17) is 4.42 Å². The molecule has 1 aromatic rings. The van der Waals surface area contributed by atoms with E-state index < -0.39 is 0 Å². The topological polar surface area (TPSA) is 51.0 Å². The van der Waals surface area contributed by atoms with Crippen molar-refractivity contribution in [2.45, 2.75) is 56.9 Å². The molecule has 2 aliphatic rings. The van der Waals surface area contributed by atoms with Gasteiger partial charge in [0.2, 0.25) is 11.8 Å². The number of piperidine rings is 1. The van der Waals surface area contributed by atoms with E-state index in [1.54, 1.807) is 0 Å². The molecule has 0 amide bonds. The Morgan fingerprint density at radius 3 is 2.75 bits per heavy atom. The second-order valence-corrected chi connectivity index (χ2v) is 5.36. The zero-order valence-corrected chi connectivity index (χ0v) is 9.83. The summed E-state index contributed by atoms with van der Waals surface area (Å²) in [6, 6.07) is 0.290. The van der Waals surface area contributed by atoms with Crippen molar-refractivity contribution in [2.24, 2.45) is 0 Å². The summed E-state index contributed by atoms with van der Waals surface area (Å²) in [5, 5.41) is 11.9. The number of nitrogens with zero attached hydrogens (tertiary/aromatic N) is 2. The molecule has 0 bridgehead atoms. The highest BCUT2D eigenvalue weighted by molar-refractivity contribution is 5.07. The first kappa shape index (κ1) is 10.3. The minimum atomic E-state index is 0.167. The van der Waals surface area contributed by atoms with Crippen LogP contribution in [0.5, 0.6) is 0 Å². The van der Waals surface area contributed by atoms with Gasteiger partial charge in [-0.25, -0.2) is 0 Å². The molecule has 1 N–H and O–H groups in total. The minimum Gasteiger partial charge on any atom is -0.423 e. The smallest absolute Gasteiger partial charge is 0.233 e. The predicted molar refractivity (Wildman–Crippen MR) is 60.1 cm³/mol. The first-order valence-corrected chi connectivity index (χ1v) is 6.35. The molecule has 1 aliphatic heterocycles. The van der Waals surface area contributed by atoms with Crippen molar-refractivity contribution in [3.05, 3.63) is 11.8 Å². The first-order valence-electron chi connectivity index (χ1n) is 6.35. The third-order valence-corrected chi connectivity index (χ3v) is 4.02. The highest BCUT2D eigenvalue weighted by atomic mass is 16.4. The largest absolute Gasteiger partial charge is 0.423 e. The Morgan fingerprint density at radius 2 is 2.12 bits per heavy atom. The van der Waals surface area contributed by atoms with Gasteiger partial charge in [0.1, 0.15) is 0 Å². The molecule has 1 saturated heterocycles. The molecule has 0 aromatic carbocycles. The molecular formula is C12H19N3O. The number of hydrogen-bond donors (Lipinski definition) is 1. The fourth-order valence-electron chi connectivity index (χ4n) is 2.60. The lowest BCUT2D eigenvalue weighted by Gasteiger charge is -2.34. The Balaban J connectivity index is 1.76. The molecule has 0 radical (unpaired) electrons. The van der Waals surface area contributed by atoms with Gasteiger partial charge in [-0.15, -0.1) is 10.2 Å². The van der Waals surface area contributed by atoms with Crippen LogP contribution in [0.2, 0.25) is 0 Å². The quantitative estimate of drug-likeness (QED) is 0.832. The molecule has 2 heterocycles. The van der Waals surface area contributed by atoms with Gasteiger partial charge in [0.15, 0.2) is 0 Å². The van der Waals surface area contributed by atoms with Gasteiger partial charge in [0.05, 0.1) is 6.04 Å². The highest BCUT2D eigenvalue weighted by Crippen LogP contribution is 2.42. The fraction of sp³-hybridized carbons (Fsp3) is 0.833. The van der Waals surface area contributed by atoms with E-state index in [1.807, 2.05) is 0 Å². The van der Waals surface area contributed by atoms with Gasteiger partial charge >= 0.3 is 0 Å². The maximum absolute atomic E-state index is 5.85. The summed E-state index contributed by atoms with van der Waals surface area (Å²) in [5.74, 6) is 1.64. The van der Waals surface area contributed by atoms with Gasteiger partial charge in [-0.05, 0) is 32.2 Å². The molecule has 88 valence electrons. The van der Waals surface area contributed by atoms with Crippen molar-refractivity contribution in [1.82, 2.24) is 15.5 Å². The Hall–Kier alpha value is -0.900. The lowest BCUT2D eigenvalue weighted by atomic mass is 9.70. The van der Waals surface area contributed by atoms with Crippen LogP contribution in [0.25, 0.3) is 0 Å². The summed E-state index contributed by atoms with van der Waals surface area (Å²) in [4.78, 5) is 0. The van der Waals surface area contributed by atoms with Crippen molar-refractivity contribution in [3.8, 4) is 0 Å². The molecule has 16 heavy (non-hydrogen) atoms. The first-order chi connectivity index (χ1) is 7.78. The standard InChI is InChI=1S/C12H19N3O/c1-12(6-4-7-12)11-15-14-10(16-11)9-5-2-3-8-13-9/h9,13H,2-8H2,1H3. The molecule has 0 spiro atoms. The van der Waals surface area contributed by atoms with Gasteiger partial charge in [-0.2, -0.15) is 0 Å². The van der Waals surface area contributed by atoms with E-state index in [0.29, 0.717) is 6.04 Å². The van der Waals surface area contributed by atoms with Crippen molar-refractivity contribution < 1.29 is 4.42 Å². The molecule has 4 heteroatoms. The van der Waals surface area contributed by atoms with E-state index in [0.717, 1.165) is 24.7 Å². The normalized spacial score (nSPS) is 28.7. The lowest BCUT2D eigenvalue weighted by Crippen LogP contribution is -2.30. The van der Waals surface area contributed by atoms with E-state index in [2.05, 4.69) is 22.4 Å². The highest BCUT2D eigenvalue weighted by Gasteiger charge is 2.39. The van der Waals surface area contributed by atoms with Crippen LogP contribution in [0.4, 0.5) is 0 Å². The molecule has 1 saturated carbocycles. The number of hydrogen-bond acceptors (Lipinski definition) is 4. The zero-order valence-electron chi connectivity index (χ0n) is 9.83. The lowest BCUT2D eigenvalue weighted by molar-refractivity contribution is 0.203. The Kier molecular flexibility index (Phi) is 2.46. The fourth-order valence-corrected chi connectivity index (χ4v) is 2.60. The van der Waals surface area contributed by atoms with E-state index in [-0.39, 0.29) is 5.41 Å². The third-order valence-electron chi connectivity index (χ3n) is 4.02. The van der Waals surface area contributed by atoms with E-state index in [1.165, 1.54) is 32.1 Å². The average Bonchev–Trinajstić information content (AvgIpc) is 2.77. The van der Waals surface area contributed by atoms with Crippen LogP contribution in [-0.2, 0) is 5.41 Å². The Morgan fingerprint density at radius 1 is 1.25 bits per heavy atom. The van der Waals surface area contributed by atoms with Gasteiger partial charge in [-0.3, -0.25) is 0 Å². The SMILES string of the molecule is CC1(c2nnc(C3CCCCN3)o2)CCC1. The van der Waals surface area contributed by atoms with Gasteiger partial charge in [0.25, 0.3) is 0 Å². The van der Waals surface area contributed by atoms with Crippen LogP contribution in [0.1, 0.15) is 63.3 Å². The Labute approximate surface area is 95.8 Å². The van der Waals surface area contributed by atoms with Crippen LogP contribution in [0.3, 0.4) is 0 Å². The number of nitrogens with one attached hydrogen (secondary N) is 1. The van der Waals surface area contributed by atoms with Gasteiger partial charge in [-0.1, -0.05) is 19.8 Å². The van der Waals surface area contributed by atoms with Crippen molar-refractivity contribution in [3.63, 3.8) is 0 Å². The van der Waals surface area contributed by atoms with Crippen LogP contribution in [0.15, 0.2) is 4.42 Å². The molecular weight excluding hydrogens is 202 g/mol. The summed E-state index contributed by atoms with van der Waals surface area (Å²) in [6.45, 7) is 3.29. The summed E-state index contributed by atoms with van der Waals surface area (Å²) >= 11 is 0. The van der Waals surface area contributed by atoms with Gasteiger partial charge in [0, 0.05) is 5.41 Å². The number of rotatable bonds is 2. The molecule has 1 unspecified atom stereocenters. The monoisotopic (exact) mass is 221 g/mol. The van der Waals surface area contributed by atoms with Crippen LogP contribution in [0, 0.1) is 0 Å². The summed E-state index contributed by atoms with van der Waals surface area (Å²) in [5.41, 5.74) is 0.167. The molecule has 2 fully saturated rings. The molecule has 1 aliphatic carbocycles. The van der Waals surface area contributed by atoms with Crippen molar-refractivity contribution in [1.29, 1.82) is 0 Å². The van der Waals surface area contributed by atoms with Crippen LogP contribution < -0.4 is 5.32 Å². The molecule has 1 aromatic heterocycles. The van der Waals surface area contributed by atoms with Crippen LogP contribution >= 0.6 is 0 Å². The maximum atomic E-state index is 5.85.